The van der Waals surface area contributed by atoms with Gasteiger partial charge in [-0.2, -0.15) is 5.26 Å². The van der Waals surface area contributed by atoms with Crippen molar-refractivity contribution >= 4 is 11.8 Å². The highest BCUT2D eigenvalue weighted by Gasteiger charge is 2.43. The smallest absolute Gasteiger partial charge is 0.238 e. The summed E-state index contributed by atoms with van der Waals surface area (Å²) in [7, 11) is 0. The lowest BCUT2D eigenvalue weighted by atomic mass is 9.88. The van der Waals surface area contributed by atoms with Crippen LogP contribution in [-0.2, 0) is 16.0 Å². The number of rotatable bonds is 6. The fourth-order valence-electron chi connectivity index (χ4n) is 5.50. The molecule has 1 aromatic rings. The van der Waals surface area contributed by atoms with E-state index in [2.05, 4.69) is 41.0 Å². The Labute approximate surface area is 185 Å². The van der Waals surface area contributed by atoms with Crippen LogP contribution in [0.4, 0.5) is 0 Å². The number of nitrogens with one attached hydrogen (secondary N) is 2. The zero-order chi connectivity index (χ0) is 22.0. The standard InChI is InChI=1S/C25H34N4O2/c1-16(2)25(31)29-11-9-19(10-12-29)18-5-3-17(4-6-18)13-22(15-26)28-24(30)23-20-7-8-21(14-20)27-23/h3-6,16,19-23,27H,7-14H2,1-2H3,(H,28,30)/t20?,21?,22-,23?/m0/s1. The molecule has 0 spiro atoms. The van der Waals surface area contributed by atoms with Gasteiger partial charge in [0.25, 0.3) is 0 Å². The van der Waals surface area contributed by atoms with Gasteiger partial charge in [-0.25, -0.2) is 0 Å². The number of carbonyl (C=O) groups excluding carboxylic acids is 2. The summed E-state index contributed by atoms with van der Waals surface area (Å²) in [5, 5.41) is 15.9. The highest BCUT2D eigenvalue weighted by molar-refractivity contribution is 5.83. The lowest BCUT2D eigenvalue weighted by Crippen LogP contribution is -2.50. The van der Waals surface area contributed by atoms with E-state index in [9.17, 15) is 14.9 Å². The molecule has 1 saturated carbocycles. The zero-order valence-corrected chi connectivity index (χ0v) is 18.6. The molecule has 3 fully saturated rings. The van der Waals surface area contributed by atoms with Gasteiger partial charge >= 0.3 is 0 Å². The Morgan fingerprint density at radius 2 is 1.87 bits per heavy atom. The number of hydrogen-bond donors (Lipinski definition) is 2. The quantitative estimate of drug-likeness (QED) is 0.738. The molecule has 6 heteroatoms. The van der Waals surface area contributed by atoms with Crippen LogP contribution in [0.1, 0.15) is 63.0 Å². The van der Waals surface area contributed by atoms with Gasteiger partial charge in [0.2, 0.25) is 11.8 Å². The van der Waals surface area contributed by atoms with Crippen LogP contribution in [-0.4, -0.2) is 47.9 Å². The van der Waals surface area contributed by atoms with Crippen molar-refractivity contribution in [3.05, 3.63) is 35.4 Å². The van der Waals surface area contributed by atoms with E-state index in [4.69, 9.17) is 0 Å². The van der Waals surface area contributed by atoms with Crippen molar-refractivity contribution in [2.45, 2.75) is 76.4 Å². The SMILES string of the molecule is CC(C)C(=O)N1CCC(c2ccc(C[C@@H](C#N)NC(=O)C3NC4CCC3C4)cc2)CC1. The Morgan fingerprint density at radius 1 is 1.16 bits per heavy atom. The number of nitrogens with zero attached hydrogens (tertiary/aromatic N) is 2. The van der Waals surface area contributed by atoms with Crippen LogP contribution in [0, 0.1) is 23.2 Å². The predicted molar refractivity (Wildman–Crippen MR) is 119 cm³/mol. The van der Waals surface area contributed by atoms with E-state index in [1.807, 2.05) is 18.7 Å². The van der Waals surface area contributed by atoms with Gasteiger partial charge in [0, 0.05) is 31.5 Å². The number of fused-ring (bicyclic) bond motifs is 2. The van der Waals surface area contributed by atoms with Crippen LogP contribution in [0.15, 0.2) is 24.3 Å². The third kappa shape index (κ3) is 4.93. The van der Waals surface area contributed by atoms with Crippen LogP contribution in [0.2, 0.25) is 0 Å². The molecule has 31 heavy (non-hydrogen) atoms. The van der Waals surface area contributed by atoms with E-state index in [1.54, 1.807) is 0 Å². The third-order valence-electron chi connectivity index (χ3n) is 7.31. The van der Waals surface area contributed by atoms with Gasteiger partial charge in [-0.1, -0.05) is 38.1 Å². The van der Waals surface area contributed by atoms with E-state index in [0.717, 1.165) is 50.8 Å². The van der Waals surface area contributed by atoms with E-state index < -0.39 is 6.04 Å². The summed E-state index contributed by atoms with van der Waals surface area (Å²) < 4.78 is 0. The third-order valence-corrected chi connectivity index (χ3v) is 7.31. The molecule has 2 heterocycles. The summed E-state index contributed by atoms with van der Waals surface area (Å²) in [6, 6.07) is 10.5. The van der Waals surface area contributed by atoms with Crippen molar-refractivity contribution in [2.24, 2.45) is 11.8 Å². The molecule has 1 aliphatic carbocycles. The summed E-state index contributed by atoms with van der Waals surface area (Å²) in [4.78, 5) is 26.8. The maximum absolute atomic E-state index is 12.6. The van der Waals surface area contributed by atoms with Gasteiger partial charge in [0.05, 0.1) is 12.1 Å². The Balaban J connectivity index is 1.28. The van der Waals surface area contributed by atoms with Gasteiger partial charge in [0.1, 0.15) is 6.04 Å². The van der Waals surface area contributed by atoms with E-state index in [0.29, 0.717) is 24.3 Å². The topological polar surface area (TPSA) is 85.2 Å². The molecule has 4 atom stereocenters. The van der Waals surface area contributed by atoms with Crippen LogP contribution in [0.25, 0.3) is 0 Å². The summed E-state index contributed by atoms with van der Waals surface area (Å²) in [6.45, 7) is 5.56. The normalized spacial score (nSPS) is 26.6. The zero-order valence-electron chi connectivity index (χ0n) is 18.6. The highest BCUT2D eigenvalue weighted by atomic mass is 16.2. The van der Waals surface area contributed by atoms with Gasteiger partial charge in [-0.3, -0.25) is 9.59 Å². The number of piperidine rings is 2. The van der Waals surface area contributed by atoms with Crippen molar-refractivity contribution in [3.8, 4) is 6.07 Å². The van der Waals surface area contributed by atoms with Gasteiger partial charge in [0.15, 0.2) is 0 Å². The number of nitriles is 1. The molecule has 4 rings (SSSR count). The number of amides is 2. The summed E-state index contributed by atoms with van der Waals surface area (Å²) in [5.74, 6) is 1.17. The molecule has 0 radical (unpaired) electrons. The monoisotopic (exact) mass is 422 g/mol. The second-order valence-corrected chi connectivity index (χ2v) is 9.80. The van der Waals surface area contributed by atoms with Crippen molar-refractivity contribution in [3.63, 3.8) is 0 Å². The van der Waals surface area contributed by atoms with Crippen LogP contribution in [0.3, 0.4) is 0 Å². The second kappa shape index (κ2) is 9.40. The fraction of sp³-hybridized carbons (Fsp3) is 0.640. The van der Waals surface area contributed by atoms with E-state index >= 15 is 0 Å². The number of carbonyl (C=O) groups is 2. The summed E-state index contributed by atoms with van der Waals surface area (Å²) >= 11 is 0. The molecule has 3 unspecified atom stereocenters. The lowest BCUT2D eigenvalue weighted by Gasteiger charge is -2.33. The molecule has 2 bridgehead atoms. The van der Waals surface area contributed by atoms with Crippen molar-refractivity contribution in [1.82, 2.24) is 15.5 Å². The molecule has 166 valence electrons. The van der Waals surface area contributed by atoms with E-state index in [1.165, 1.54) is 5.56 Å². The van der Waals surface area contributed by atoms with Gasteiger partial charge in [-0.05, 0) is 55.1 Å². The molecule has 6 nitrogen and oxygen atoms in total. The van der Waals surface area contributed by atoms with Crippen LogP contribution in [0.5, 0.6) is 0 Å². The maximum atomic E-state index is 12.6. The Hall–Kier alpha value is -2.39. The second-order valence-electron chi connectivity index (χ2n) is 9.80. The minimum atomic E-state index is -0.510. The molecular formula is C25H34N4O2. The average Bonchev–Trinajstić information content (AvgIpc) is 3.42. The Kier molecular flexibility index (Phi) is 6.62. The first kappa shape index (κ1) is 21.8. The molecular weight excluding hydrogens is 388 g/mol. The number of benzene rings is 1. The van der Waals surface area contributed by atoms with Gasteiger partial charge in [-0.15, -0.1) is 0 Å². The van der Waals surface area contributed by atoms with Crippen molar-refractivity contribution < 1.29 is 9.59 Å². The molecule has 2 aliphatic heterocycles. The Morgan fingerprint density at radius 3 is 2.42 bits per heavy atom. The largest absolute Gasteiger partial charge is 0.342 e. The van der Waals surface area contributed by atoms with E-state index in [-0.39, 0.29) is 23.8 Å². The first-order chi connectivity index (χ1) is 14.9. The minimum absolute atomic E-state index is 0.0296. The molecule has 2 amide bonds. The van der Waals surface area contributed by atoms with Crippen LogP contribution < -0.4 is 10.6 Å². The maximum Gasteiger partial charge on any atom is 0.238 e. The average molecular weight is 423 g/mol. The first-order valence-electron chi connectivity index (χ1n) is 11.8. The van der Waals surface area contributed by atoms with Crippen molar-refractivity contribution in [2.75, 3.05) is 13.1 Å². The number of likely N-dealkylation sites (tertiary alicyclic amines) is 1. The minimum Gasteiger partial charge on any atom is -0.342 e. The molecule has 2 N–H and O–H groups in total. The molecule has 1 aromatic carbocycles. The fourth-order valence-corrected chi connectivity index (χ4v) is 5.50. The van der Waals surface area contributed by atoms with Crippen molar-refractivity contribution in [1.29, 1.82) is 5.26 Å². The van der Waals surface area contributed by atoms with Gasteiger partial charge < -0.3 is 15.5 Å². The molecule has 3 aliphatic rings. The lowest BCUT2D eigenvalue weighted by molar-refractivity contribution is -0.135. The first-order valence-corrected chi connectivity index (χ1v) is 11.8. The Bertz CT molecular complexity index is 836. The number of hydrogen-bond acceptors (Lipinski definition) is 4. The molecule has 2 saturated heterocycles. The highest BCUT2D eigenvalue weighted by Crippen LogP contribution is 2.35. The summed E-state index contributed by atoms with van der Waals surface area (Å²) in [6.07, 6.45) is 5.86. The van der Waals surface area contributed by atoms with Crippen LogP contribution >= 0.6 is 0 Å². The predicted octanol–water partition coefficient (Wildman–Crippen LogP) is 2.74. The summed E-state index contributed by atoms with van der Waals surface area (Å²) in [5.41, 5.74) is 2.35. The molecule has 0 aromatic heterocycles.